The Labute approximate surface area is 131 Å². The van der Waals surface area contributed by atoms with Gasteiger partial charge in [-0.05, 0) is 68.7 Å². The molecule has 21 heavy (non-hydrogen) atoms. The van der Waals surface area contributed by atoms with Crippen LogP contribution < -0.4 is 5.32 Å². The topological polar surface area (TPSA) is 12.0 Å². The molecule has 1 heteroatoms. The molecule has 1 nitrogen and oxygen atoms in total. The number of hydrogen-bond acceptors (Lipinski definition) is 1. The normalized spacial score (nSPS) is 19.5. The third-order valence-corrected chi connectivity index (χ3v) is 5.54. The highest BCUT2D eigenvalue weighted by molar-refractivity contribution is 5.38. The maximum atomic E-state index is 3.81. The molecule has 1 atom stereocenters. The zero-order valence-corrected chi connectivity index (χ0v) is 14.7. The minimum Gasteiger partial charge on any atom is -0.313 e. The maximum Gasteiger partial charge on any atom is 0.0161 e. The van der Waals surface area contributed by atoms with Gasteiger partial charge >= 0.3 is 0 Å². The number of nitrogens with one attached hydrogen (secondary N) is 1. The second kappa shape index (κ2) is 6.96. The van der Waals surface area contributed by atoms with Gasteiger partial charge in [0.25, 0.3) is 0 Å². The quantitative estimate of drug-likeness (QED) is 0.794. The Morgan fingerprint density at radius 1 is 1.05 bits per heavy atom. The molecular formula is C20H33N. The molecular weight excluding hydrogens is 254 g/mol. The molecule has 118 valence electrons. The maximum absolute atomic E-state index is 3.81. The number of hydrogen-bond donors (Lipinski definition) is 1. The lowest BCUT2D eigenvalue weighted by molar-refractivity contribution is 0.144. The molecule has 0 aromatic heterocycles. The molecule has 0 amide bonds. The molecule has 1 aliphatic carbocycles. The summed E-state index contributed by atoms with van der Waals surface area (Å²) in [6, 6.07) is 5.30. The summed E-state index contributed by atoms with van der Waals surface area (Å²) in [6.07, 6.45) is 8.19. The fourth-order valence-electron chi connectivity index (χ4n) is 4.26. The van der Waals surface area contributed by atoms with Crippen LogP contribution in [0.25, 0.3) is 0 Å². The Balaban J connectivity index is 2.24. The smallest absolute Gasteiger partial charge is 0.0161 e. The van der Waals surface area contributed by atoms with Crippen LogP contribution in [0.15, 0.2) is 12.1 Å². The summed E-state index contributed by atoms with van der Waals surface area (Å²) in [7, 11) is 0. The van der Waals surface area contributed by atoms with Gasteiger partial charge in [0.05, 0.1) is 0 Å². The molecule has 0 aliphatic heterocycles. The minimum absolute atomic E-state index is 0.470. The van der Waals surface area contributed by atoms with Crippen molar-refractivity contribution in [1.82, 2.24) is 5.32 Å². The van der Waals surface area contributed by atoms with Gasteiger partial charge in [-0.1, -0.05) is 50.8 Å². The van der Waals surface area contributed by atoms with Crippen LogP contribution >= 0.6 is 0 Å². The molecule has 1 aromatic carbocycles. The van der Waals surface area contributed by atoms with E-state index in [1.165, 1.54) is 55.2 Å². The van der Waals surface area contributed by atoms with E-state index < -0.39 is 0 Å². The Hall–Kier alpha value is -0.820. The number of rotatable bonds is 5. The summed E-state index contributed by atoms with van der Waals surface area (Å²) in [6.45, 7) is 12.6. The zero-order chi connectivity index (χ0) is 15.5. The van der Waals surface area contributed by atoms with E-state index in [1.54, 1.807) is 5.56 Å². The standard InChI is InChI=1S/C20H33N/c1-6-21-19(20(5)10-8-7-9-11-20)14-18-16(3)12-15(2)13-17(18)4/h12-13,19,21H,6-11,14H2,1-5H3. The highest BCUT2D eigenvalue weighted by atomic mass is 14.9. The third kappa shape index (κ3) is 3.88. The lowest BCUT2D eigenvalue weighted by atomic mass is 9.68. The van der Waals surface area contributed by atoms with E-state index in [9.17, 15) is 0 Å². The van der Waals surface area contributed by atoms with E-state index in [4.69, 9.17) is 0 Å². The monoisotopic (exact) mass is 287 g/mol. The Bertz CT molecular complexity index is 446. The van der Waals surface area contributed by atoms with Gasteiger partial charge in [0, 0.05) is 6.04 Å². The Morgan fingerprint density at radius 2 is 1.62 bits per heavy atom. The van der Waals surface area contributed by atoms with E-state index in [0.29, 0.717) is 11.5 Å². The largest absolute Gasteiger partial charge is 0.313 e. The van der Waals surface area contributed by atoms with E-state index in [1.807, 2.05) is 0 Å². The van der Waals surface area contributed by atoms with Crippen LogP contribution in [0.2, 0.25) is 0 Å². The number of benzene rings is 1. The predicted octanol–water partition coefficient (Wildman–Crippen LogP) is 5.10. The van der Waals surface area contributed by atoms with Crippen molar-refractivity contribution in [2.24, 2.45) is 5.41 Å². The molecule has 0 spiro atoms. The lowest BCUT2D eigenvalue weighted by Gasteiger charge is -2.42. The fraction of sp³-hybridized carbons (Fsp3) is 0.700. The highest BCUT2D eigenvalue weighted by Crippen LogP contribution is 2.40. The molecule has 1 aromatic rings. The molecule has 1 saturated carbocycles. The van der Waals surface area contributed by atoms with Gasteiger partial charge in [0.1, 0.15) is 0 Å². The summed E-state index contributed by atoms with van der Waals surface area (Å²) >= 11 is 0. The molecule has 0 radical (unpaired) electrons. The Morgan fingerprint density at radius 3 is 2.14 bits per heavy atom. The second-order valence-electron chi connectivity index (χ2n) is 7.41. The van der Waals surface area contributed by atoms with Crippen molar-refractivity contribution in [2.75, 3.05) is 6.54 Å². The van der Waals surface area contributed by atoms with Gasteiger partial charge in [0.2, 0.25) is 0 Å². The van der Waals surface area contributed by atoms with E-state index >= 15 is 0 Å². The number of aryl methyl sites for hydroxylation is 3. The first-order chi connectivity index (χ1) is 9.96. The first kappa shape index (κ1) is 16.5. The molecule has 1 N–H and O–H groups in total. The first-order valence-corrected chi connectivity index (χ1v) is 8.76. The van der Waals surface area contributed by atoms with Crippen molar-refractivity contribution in [3.8, 4) is 0 Å². The van der Waals surface area contributed by atoms with Crippen molar-refractivity contribution >= 4 is 0 Å². The second-order valence-corrected chi connectivity index (χ2v) is 7.41. The highest BCUT2D eigenvalue weighted by Gasteiger charge is 2.35. The molecule has 1 aliphatic rings. The molecule has 0 bridgehead atoms. The average molecular weight is 287 g/mol. The van der Waals surface area contributed by atoms with Gasteiger partial charge in [-0.2, -0.15) is 0 Å². The van der Waals surface area contributed by atoms with Crippen LogP contribution in [0.3, 0.4) is 0 Å². The van der Waals surface area contributed by atoms with Gasteiger partial charge in [-0.15, -0.1) is 0 Å². The molecule has 0 saturated heterocycles. The molecule has 0 heterocycles. The van der Waals surface area contributed by atoms with Crippen LogP contribution in [0, 0.1) is 26.2 Å². The van der Waals surface area contributed by atoms with Gasteiger partial charge in [0.15, 0.2) is 0 Å². The van der Waals surface area contributed by atoms with Crippen LogP contribution in [-0.4, -0.2) is 12.6 Å². The SMILES string of the molecule is CCNC(Cc1c(C)cc(C)cc1C)C1(C)CCCCC1. The van der Waals surface area contributed by atoms with E-state index in [2.05, 4.69) is 52.1 Å². The summed E-state index contributed by atoms with van der Waals surface area (Å²) in [5, 5.41) is 3.81. The zero-order valence-electron chi connectivity index (χ0n) is 14.7. The molecule has 1 fully saturated rings. The van der Waals surface area contributed by atoms with Crippen LogP contribution in [0.4, 0.5) is 0 Å². The van der Waals surface area contributed by atoms with Crippen LogP contribution in [0.1, 0.15) is 68.2 Å². The van der Waals surface area contributed by atoms with E-state index in [0.717, 1.165) is 6.54 Å². The van der Waals surface area contributed by atoms with Crippen LogP contribution in [-0.2, 0) is 6.42 Å². The van der Waals surface area contributed by atoms with Crippen molar-refractivity contribution in [3.05, 3.63) is 34.4 Å². The van der Waals surface area contributed by atoms with Crippen molar-refractivity contribution in [3.63, 3.8) is 0 Å². The van der Waals surface area contributed by atoms with Crippen molar-refractivity contribution in [2.45, 2.75) is 79.2 Å². The summed E-state index contributed by atoms with van der Waals surface area (Å²) in [5.41, 5.74) is 6.36. The predicted molar refractivity (Wildman–Crippen MR) is 93.0 cm³/mol. The summed E-state index contributed by atoms with van der Waals surface area (Å²) < 4.78 is 0. The fourth-order valence-corrected chi connectivity index (χ4v) is 4.26. The lowest BCUT2D eigenvalue weighted by Crippen LogP contribution is -2.46. The number of likely N-dealkylation sites (N-methyl/N-ethyl adjacent to an activating group) is 1. The first-order valence-electron chi connectivity index (χ1n) is 8.76. The molecule has 1 unspecified atom stereocenters. The average Bonchev–Trinajstić information content (AvgIpc) is 2.42. The van der Waals surface area contributed by atoms with Crippen molar-refractivity contribution < 1.29 is 0 Å². The summed E-state index contributed by atoms with van der Waals surface area (Å²) in [5.74, 6) is 0. The van der Waals surface area contributed by atoms with Gasteiger partial charge in [-0.25, -0.2) is 0 Å². The van der Waals surface area contributed by atoms with Gasteiger partial charge < -0.3 is 5.32 Å². The summed E-state index contributed by atoms with van der Waals surface area (Å²) in [4.78, 5) is 0. The van der Waals surface area contributed by atoms with Crippen molar-refractivity contribution in [1.29, 1.82) is 0 Å². The van der Waals surface area contributed by atoms with Gasteiger partial charge in [-0.3, -0.25) is 0 Å². The third-order valence-electron chi connectivity index (χ3n) is 5.54. The van der Waals surface area contributed by atoms with E-state index in [-0.39, 0.29) is 0 Å². The van der Waals surface area contributed by atoms with Crippen LogP contribution in [0.5, 0.6) is 0 Å². The Kier molecular flexibility index (Phi) is 5.48. The molecule has 2 rings (SSSR count). The minimum atomic E-state index is 0.470.